The fourth-order valence-corrected chi connectivity index (χ4v) is 2.19. The van der Waals surface area contributed by atoms with Gasteiger partial charge in [0.15, 0.2) is 0 Å². The zero-order valence-electron chi connectivity index (χ0n) is 12.4. The first-order valence-corrected chi connectivity index (χ1v) is 7.00. The maximum absolute atomic E-state index is 12.4. The summed E-state index contributed by atoms with van der Waals surface area (Å²) >= 11 is 0. The first kappa shape index (κ1) is 14.6. The molecular formula is C14H22FN5. The largest absolute Gasteiger partial charge is 0.378 e. The van der Waals surface area contributed by atoms with Gasteiger partial charge >= 0.3 is 0 Å². The molecule has 0 aliphatic rings. The number of aromatic nitrogens is 4. The summed E-state index contributed by atoms with van der Waals surface area (Å²) < 4.78 is 16.0. The van der Waals surface area contributed by atoms with Gasteiger partial charge in [-0.3, -0.25) is 9.36 Å². The summed E-state index contributed by atoms with van der Waals surface area (Å²) in [6.07, 6.45) is 4.90. The van der Waals surface area contributed by atoms with E-state index in [4.69, 9.17) is 0 Å². The van der Waals surface area contributed by atoms with Crippen molar-refractivity contribution in [3.8, 4) is 0 Å². The molecule has 0 saturated carbocycles. The maximum Gasteiger partial charge on any atom is 0.109 e. The van der Waals surface area contributed by atoms with Gasteiger partial charge in [-0.2, -0.15) is 10.2 Å². The highest BCUT2D eigenvalue weighted by Crippen LogP contribution is 2.16. The van der Waals surface area contributed by atoms with Gasteiger partial charge in [0.1, 0.15) is 6.67 Å². The van der Waals surface area contributed by atoms with E-state index in [-0.39, 0.29) is 0 Å². The molecule has 2 heterocycles. The van der Waals surface area contributed by atoms with Crippen LogP contribution in [0.25, 0.3) is 0 Å². The van der Waals surface area contributed by atoms with Crippen LogP contribution in [0, 0.1) is 13.8 Å². The minimum atomic E-state index is -0.398. The van der Waals surface area contributed by atoms with Crippen LogP contribution in [0.2, 0.25) is 0 Å². The average molecular weight is 279 g/mol. The summed E-state index contributed by atoms with van der Waals surface area (Å²) in [5, 5.41) is 12.0. The number of rotatable bonds is 7. The molecule has 0 aromatic carbocycles. The van der Waals surface area contributed by atoms with Gasteiger partial charge in [-0.05, 0) is 20.3 Å². The van der Waals surface area contributed by atoms with Gasteiger partial charge in [0.05, 0.1) is 29.8 Å². The second kappa shape index (κ2) is 6.54. The molecule has 2 aromatic heterocycles. The van der Waals surface area contributed by atoms with Gasteiger partial charge in [-0.25, -0.2) is 4.39 Å². The van der Waals surface area contributed by atoms with Crippen LogP contribution in [0.15, 0.2) is 12.4 Å². The number of anilines is 1. The Morgan fingerprint density at radius 1 is 1.30 bits per heavy atom. The van der Waals surface area contributed by atoms with Crippen LogP contribution in [-0.4, -0.2) is 26.2 Å². The number of hydrogen-bond acceptors (Lipinski definition) is 3. The Hall–Kier alpha value is -1.85. The van der Waals surface area contributed by atoms with Gasteiger partial charge in [-0.15, -0.1) is 0 Å². The number of aryl methyl sites for hydroxylation is 3. The van der Waals surface area contributed by atoms with Crippen LogP contribution in [0.1, 0.15) is 30.3 Å². The number of nitrogens with one attached hydrogen (secondary N) is 1. The highest BCUT2D eigenvalue weighted by Gasteiger charge is 2.08. The van der Waals surface area contributed by atoms with E-state index in [1.807, 2.05) is 18.5 Å². The Labute approximate surface area is 118 Å². The molecule has 0 aliphatic heterocycles. The Balaban J connectivity index is 2.01. The molecule has 0 bridgehead atoms. The van der Waals surface area contributed by atoms with Crippen molar-refractivity contribution in [2.24, 2.45) is 0 Å². The molecule has 0 amide bonds. The minimum absolute atomic E-state index is 0.307. The second-order valence-corrected chi connectivity index (χ2v) is 4.91. The summed E-state index contributed by atoms with van der Waals surface area (Å²) in [5.74, 6) is 0. The molecule has 20 heavy (non-hydrogen) atoms. The molecule has 5 nitrogen and oxygen atoms in total. The molecule has 6 heteroatoms. The van der Waals surface area contributed by atoms with E-state index in [1.54, 1.807) is 10.9 Å². The van der Waals surface area contributed by atoms with Crippen LogP contribution in [-0.2, 0) is 19.6 Å². The Morgan fingerprint density at radius 2 is 2.10 bits per heavy atom. The predicted molar refractivity (Wildman–Crippen MR) is 77.5 cm³/mol. The van der Waals surface area contributed by atoms with E-state index in [9.17, 15) is 4.39 Å². The van der Waals surface area contributed by atoms with Gasteiger partial charge in [0.2, 0.25) is 0 Å². The van der Waals surface area contributed by atoms with E-state index in [0.717, 1.165) is 30.0 Å². The monoisotopic (exact) mass is 279 g/mol. The van der Waals surface area contributed by atoms with E-state index < -0.39 is 6.67 Å². The lowest BCUT2D eigenvalue weighted by Gasteiger charge is -2.05. The van der Waals surface area contributed by atoms with Gasteiger partial charge < -0.3 is 5.32 Å². The van der Waals surface area contributed by atoms with Crippen molar-refractivity contribution >= 4 is 5.69 Å². The van der Waals surface area contributed by atoms with E-state index >= 15 is 0 Å². The molecule has 0 unspecified atom stereocenters. The minimum Gasteiger partial charge on any atom is -0.378 e. The van der Waals surface area contributed by atoms with E-state index in [1.165, 1.54) is 5.56 Å². The van der Waals surface area contributed by atoms with E-state index in [2.05, 4.69) is 28.6 Å². The fraction of sp³-hybridized carbons (Fsp3) is 0.571. The quantitative estimate of drug-likeness (QED) is 0.847. The molecular weight excluding hydrogens is 257 g/mol. The molecule has 2 aromatic rings. The van der Waals surface area contributed by atoms with Crippen molar-refractivity contribution in [2.75, 3.05) is 12.0 Å². The zero-order chi connectivity index (χ0) is 14.5. The third kappa shape index (κ3) is 3.18. The first-order valence-electron chi connectivity index (χ1n) is 7.00. The third-order valence-electron chi connectivity index (χ3n) is 3.37. The van der Waals surface area contributed by atoms with Crippen molar-refractivity contribution in [2.45, 2.75) is 46.8 Å². The number of halogens is 1. The summed E-state index contributed by atoms with van der Waals surface area (Å²) in [7, 11) is 0. The highest BCUT2D eigenvalue weighted by atomic mass is 19.1. The molecule has 1 N–H and O–H groups in total. The van der Waals surface area contributed by atoms with Crippen molar-refractivity contribution in [1.29, 1.82) is 0 Å². The smallest absolute Gasteiger partial charge is 0.109 e. The first-order chi connectivity index (χ1) is 9.65. The number of nitrogens with zero attached hydrogens (tertiary/aromatic N) is 4. The number of hydrogen-bond donors (Lipinski definition) is 1. The molecule has 2 rings (SSSR count). The molecule has 0 radical (unpaired) electrons. The lowest BCUT2D eigenvalue weighted by atomic mass is 10.2. The fourth-order valence-electron chi connectivity index (χ4n) is 2.19. The Kier molecular flexibility index (Phi) is 4.76. The van der Waals surface area contributed by atoms with Gasteiger partial charge in [-0.1, -0.05) is 6.92 Å². The summed E-state index contributed by atoms with van der Waals surface area (Å²) in [6.45, 7) is 7.65. The van der Waals surface area contributed by atoms with Crippen molar-refractivity contribution in [3.05, 3.63) is 29.3 Å². The van der Waals surface area contributed by atoms with Crippen LogP contribution in [0.5, 0.6) is 0 Å². The Morgan fingerprint density at radius 3 is 2.80 bits per heavy atom. The van der Waals surface area contributed by atoms with Crippen LogP contribution in [0.4, 0.5) is 10.1 Å². The van der Waals surface area contributed by atoms with Crippen LogP contribution >= 0.6 is 0 Å². The zero-order valence-corrected chi connectivity index (χ0v) is 12.4. The third-order valence-corrected chi connectivity index (χ3v) is 3.37. The SMILES string of the molecule is CCCn1cc(CNc2cnn(CCF)c2C)c(C)n1. The highest BCUT2D eigenvalue weighted by molar-refractivity contribution is 5.46. The lowest BCUT2D eigenvalue weighted by Crippen LogP contribution is -2.05. The molecule has 0 fully saturated rings. The van der Waals surface area contributed by atoms with E-state index in [0.29, 0.717) is 13.1 Å². The number of alkyl halides is 1. The normalized spacial score (nSPS) is 11.0. The average Bonchev–Trinajstić information content (AvgIpc) is 2.93. The molecule has 0 spiro atoms. The second-order valence-electron chi connectivity index (χ2n) is 4.91. The molecule has 0 aliphatic carbocycles. The predicted octanol–water partition coefficient (Wildman–Crippen LogP) is 2.69. The van der Waals surface area contributed by atoms with Crippen molar-refractivity contribution in [3.63, 3.8) is 0 Å². The summed E-state index contributed by atoms with van der Waals surface area (Å²) in [6, 6.07) is 0. The molecule has 0 saturated heterocycles. The summed E-state index contributed by atoms with van der Waals surface area (Å²) in [4.78, 5) is 0. The van der Waals surface area contributed by atoms with Gasteiger partial charge in [0, 0.05) is 24.8 Å². The van der Waals surface area contributed by atoms with Crippen LogP contribution < -0.4 is 5.32 Å². The Bertz CT molecular complexity index is 556. The topological polar surface area (TPSA) is 47.7 Å². The molecule has 0 atom stereocenters. The maximum atomic E-state index is 12.4. The molecule has 110 valence electrons. The van der Waals surface area contributed by atoms with Crippen LogP contribution in [0.3, 0.4) is 0 Å². The van der Waals surface area contributed by atoms with Crippen molar-refractivity contribution in [1.82, 2.24) is 19.6 Å². The van der Waals surface area contributed by atoms with Gasteiger partial charge in [0.25, 0.3) is 0 Å². The van der Waals surface area contributed by atoms with Crippen molar-refractivity contribution < 1.29 is 4.39 Å². The summed E-state index contributed by atoms with van der Waals surface area (Å²) in [5.41, 5.74) is 4.12. The lowest BCUT2D eigenvalue weighted by molar-refractivity contribution is 0.423. The standard InChI is InChI=1S/C14H22FN5/c1-4-6-19-10-13(11(2)18-19)8-16-14-9-17-20(7-5-15)12(14)3/h9-10,16H,4-8H2,1-3H3.